The summed E-state index contributed by atoms with van der Waals surface area (Å²) in [5.74, 6) is 3.64. The normalized spacial score (nSPS) is 29.5. The van der Waals surface area contributed by atoms with Crippen LogP contribution in [0, 0.1) is 17.8 Å². The first-order valence-corrected chi connectivity index (χ1v) is 6.96. The Balaban J connectivity index is 1.55. The summed E-state index contributed by atoms with van der Waals surface area (Å²) in [4.78, 5) is 11.2. The fourth-order valence-electron chi connectivity index (χ4n) is 3.57. The van der Waals surface area contributed by atoms with Crippen LogP contribution >= 0.6 is 0 Å². The van der Waals surface area contributed by atoms with Gasteiger partial charge in [-0.25, -0.2) is 0 Å². The molecule has 1 aromatic rings. The molecule has 3 unspecified atom stereocenters. The van der Waals surface area contributed by atoms with E-state index in [1.807, 2.05) is 24.3 Å². The maximum Gasteiger partial charge on any atom is 0.159 e. The minimum Gasteiger partial charge on any atom is -0.493 e. The van der Waals surface area contributed by atoms with E-state index in [-0.39, 0.29) is 5.78 Å². The lowest BCUT2D eigenvalue weighted by Crippen LogP contribution is -2.18. The summed E-state index contributed by atoms with van der Waals surface area (Å²) in [6, 6.07) is 7.50. The van der Waals surface area contributed by atoms with E-state index in [0.717, 1.165) is 35.7 Å². The molecular weight excluding hydrogens is 224 g/mol. The quantitative estimate of drug-likeness (QED) is 0.755. The first kappa shape index (κ1) is 11.8. The topological polar surface area (TPSA) is 26.3 Å². The van der Waals surface area contributed by atoms with E-state index in [2.05, 4.69) is 0 Å². The average Bonchev–Trinajstić information content (AvgIpc) is 2.99. The predicted octanol–water partition coefficient (Wildman–Crippen LogP) is 3.70. The Bertz CT molecular complexity index is 435. The Kier molecular flexibility index (Phi) is 3.11. The number of benzene rings is 1. The van der Waals surface area contributed by atoms with Gasteiger partial charge in [0.25, 0.3) is 0 Å². The minimum absolute atomic E-state index is 0.106. The summed E-state index contributed by atoms with van der Waals surface area (Å²) < 4.78 is 5.87. The van der Waals surface area contributed by atoms with Crippen molar-refractivity contribution in [3.63, 3.8) is 0 Å². The van der Waals surface area contributed by atoms with Crippen LogP contribution in [0.4, 0.5) is 0 Å². The van der Waals surface area contributed by atoms with E-state index in [1.54, 1.807) is 6.92 Å². The van der Waals surface area contributed by atoms with E-state index in [1.165, 1.54) is 25.7 Å². The molecule has 18 heavy (non-hydrogen) atoms. The van der Waals surface area contributed by atoms with Gasteiger partial charge >= 0.3 is 0 Å². The highest BCUT2D eigenvalue weighted by molar-refractivity contribution is 5.94. The number of ether oxygens (including phenoxy) is 1. The molecular formula is C16H20O2. The van der Waals surface area contributed by atoms with Gasteiger partial charge in [-0.1, -0.05) is 6.42 Å². The van der Waals surface area contributed by atoms with Crippen LogP contribution in [-0.2, 0) is 0 Å². The Labute approximate surface area is 108 Å². The zero-order valence-corrected chi connectivity index (χ0v) is 10.9. The highest BCUT2D eigenvalue weighted by Crippen LogP contribution is 2.48. The summed E-state index contributed by atoms with van der Waals surface area (Å²) in [6.45, 7) is 2.44. The van der Waals surface area contributed by atoms with Crippen LogP contribution < -0.4 is 4.74 Å². The van der Waals surface area contributed by atoms with Crippen molar-refractivity contribution in [2.75, 3.05) is 6.61 Å². The van der Waals surface area contributed by atoms with E-state index >= 15 is 0 Å². The summed E-state index contributed by atoms with van der Waals surface area (Å²) in [5, 5.41) is 0. The first-order valence-electron chi connectivity index (χ1n) is 6.96. The zero-order valence-electron chi connectivity index (χ0n) is 10.9. The number of rotatable bonds is 4. The van der Waals surface area contributed by atoms with Crippen molar-refractivity contribution in [2.45, 2.75) is 32.6 Å². The molecule has 3 atom stereocenters. The maximum absolute atomic E-state index is 11.2. The van der Waals surface area contributed by atoms with Crippen molar-refractivity contribution < 1.29 is 9.53 Å². The number of carbonyl (C=O) groups excluding carboxylic acids is 1. The summed E-state index contributed by atoms with van der Waals surface area (Å²) in [5.41, 5.74) is 0.752. The highest BCUT2D eigenvalue weighted by Gasteiger charge is 2.39. The van der Waals surface area contributed by atoms with E-state index in [4.69, 9.17) is 4.74 Å². The van der Waals surface area contributed by atoms with Crippen molar-refractivity contribution in [3.05, 3.63) is 29.8 Å². The fourth-order valence-corrected chi connectivity index (χ4v) is 3.57. The van der Waals surface area contributed by atoms with Gasteiger partial charge in [0.1, 0.15) is 5.75 Å². The number of carbonyl (C=O) groups is 1. The van der Waals surface area contributed by atoms with Crippen LogP contribution in [-0.4, -0.2) is 12.4 Å². The Morgan fingerprint density at radius 1 is 1.22 bits per heavy atom. The molecule has 2 fully saturated rings. The number of ketones is 1. The van der Waals surface area contributed by atoms with Crippen molar-refractivity contribution in [1.82, 2.24) is 0 Å². The summed E-state index contributed by atoms with van der Waals surface area (Å²) in [7, 11) is 0. The lowest BCUT2D eigenvalue weighted by Gasteiger charge is -2.21. The molecule has 3 rings (SSSR count). The molecule has 2 heteroatoms. The van der Waals surface area contributed by atoms with Gasteiger partial charge in [0.2, 0.25) is 0 Å². The van der Waals surface area contributed by atoms with Crippen molar-refractivity contribution in [3.8, 4) is 5.75 Å². The first-order chi connectivity index (χ1) is 8.72. The van der Waals surface area contributed by atoms with Gasteiger partial charge in [0.15, 0.2) is 5.78 Å². The standard InChI is InChI=1S/C16H20O2/c1-11(17)13-4-6-16(7-5-13)18-10-15-9-12-2-3-14(15)8-12/h4-7,12,14-15H,2-3,8-10H2,1H3. The van der Waals surface area contributed by atoms with Gasteiger partial charge < -0.3 is 4.74 Å². The second kappa shape index (κ2) is 4.75. The molecule has 2 aliphatic rings. The third-order valence-corrected chi connectivity index (χ3v) is 4.61. The second-order valence-corrected chi connectivity index (χ2v) is 5.83. The van der Waals surface area contributed by atoms with Crippen LogP contribution in [0.2, 0.25) is 0 Å². The molecule has 0 radical (unpaired) electrons. The molecule has 0 aliphatic heterocycles. The van der Waals surface area contributed by atoms with Gasteiger partial charge in [-0.2, -0.15) is 0 Å². The highest BCUT2D eigenvalue weighted by atomic mass is 16.5. The van der Waals surface area contributed by atoms with Gasteiger partial charge in [0.05, 0.1) is 6.61 Å². The molecule has 0 heterocycles. The van der Waals surface area contributed by atoms with Crippen LogP contribution in [0.1, 0.15) is 43.0 Å². The van der Waals surface area contributed by atoms with Gasteiger partial charge in [-0.15, -0.1) is 0 Å². The minimum atomic E-state index is 0.106. The molecule has 0 aromatic heterocycles. The van der Waals surface area contributed by atoms with Crippen molar-refractivity contribution in [1.29, 1.82) is 0 Å². The van der Waals surface area contributed by atoms with E-state index in [9.17, 15) is 4.79 Å². The molecule has 2 nitrogen and oxygen atoms in total. The summed E-state index contributed by atoms with van der Waals surface area (Å²) in [6.07, 6.45) is 5.63. The molecule has 0 amide bonds. The van der Waals surface area contributed by atoms with E-state index < -0.39 is 0 Å². The van der Waals surface area contributed by atoms with Crippen LogP contribution in [0.5, 0.6) is 5.75 Å². The maximum atomic E-state index is 11.2. The Morgan fingerprint density at radius 3 is 2.56 bits per heavy atom. The molecule has 2 saturated carbocycles. The number of Topliss-reactive ketones (excluding diaryl/α,β-unsaturated/α-hetero) is 1. The molecule has 0 saturated heterocycles. The number of hydrogen-bond donors (Lipinski definition) is 0. The predicted molar refractivity (Wildman–Crippen MR) is 70.9 cm³/mol. The van der Waals surface area contributed by atoms with E-state index in [0.29, 0.717) is 0 Å². The monoisotopic (exact) mass is 244 g/mol. The molecule has 0 spiro atoms. The molecule has 2 aliphatic carbocycles. The van der Waals surface area contributed by atoms with Gasteiger partial charge in [-0.3, -0.25) is 4.79 Å². The van der Waals surface area contributed by atoms with Gasteiger partial charge in [0, 0.05) is 5.56 Å². The Hall–Kier alpha value is -1.31. The molecule has 0 N–H and O–H groups in total. The van der Waals surface area contributed by atoms with Crippen molar-refractivity contribution in [2.24, 2.45) is 17.8 Å². The lowest BCUT2D eigenvalue weighted by molar-refractivity contribution is 0.101. The molecule has 2 bridgehead atoms. The van der Waals surface area contributed by atoms with Crippen LogP contribution in [0.3, 0.4) is 0 Å². The van der Waals surface area contributed by atoms with Crippen molar-refractivity contribution >= 4 is 5.78 Å². The van der Waals surface area contributed by atoms with Crippen LogP contribution in [0.25, 0.3) is 0 Å². The molecule has 96 valence electrons. The smallest absolute Gasteiger partial charge is 0.159 e. The third kappa shape index (κ3) is 2.29. The van der Waals surface area contributed by atoms with Gasteiger partial charge in [-0.05, 0) is 68.2 Å². The number of hydrogen-bond acceptors (Lipinski definition) is 2. The van der Waals surface area contributed by atoms with Crippen LogP contribution in [0.15, 0.2) is 24.3 Å². The Morgan fingerprint density at radius 2 is 2.00 bits per heavy atom. The fraction of sp³-hybridized carbons (Fsp3) is 0.562. The SMILES string of the molecule is CC(=O)c1ccc(OCC2CC3CCC2C3)cc1. The molecule has 1 aromatic carbocycles. The third-order valence-electron chi connectivity index (χ3n) is 4.61. The summed E-state index contributed by atoms with van der Waals surface area (Å²) >= 11 is 0. The second-order valence-electron chi connectivity index (χ2n) is 5.83. The number of fused-ring (bicyclic) bond motifs is 2. The largest absolute Gasteiger partial charge is 0.493 e. The average molecular weight is 244 g/mol. The zero-order chi connectivity index (χ0) is 12.5. The lowest BCUT2D eigenvalue weighted by atomic mass is 9.89.